The highest BCUT2D eigenvalue weighted by molar-refractivity contribution is 5.87. The zero-order chi connectivity index (χ0) is 14.7. The summed E-state index contributed by atoms with van der Waals surface area (Å²) in [5, 5.41) is 9.40. The second-order valence-corrected chi connectivity index (χ2v) is 5.19. The molecule has 6 heteroatoms. The molecule has 0 aliphatic carbocycles. The molecule has 1 aliphatic rings. The highest BCUT2D eigenvalue weighted by Gasteiger charge is 2.45. The van der Waals surface area contributed by atoms with Crippen LogP contribution in [0.5, 0.6) is 0 Å². The zero-order valence-corrected chi connectivity index (χ0v) is 12.0. The molecule has 0 radical (unpaired) electrons. The van der Waals surface area contributed by atoms with E-state index in [-0.39, 0.29) is 12.3 Å². The molecular formula is C14H21N3O3. The van der Waals surface area contributed by atoms with Gasteiger partial charge in [0, 0.05) is 19.5 Å². The summed E-state index contributed by atoms with van der Waals surface area (Å²) >= 11 is 0. The number of likely N-dealkylation sites (tertiary alicyclic amines) is 1. The first kappa shape index (κ1) is 14.6. The van der Waals surface area contributed by atoms with Gasteiger partial charge in [0.1, 0.15) is 0 Å². The number of carbonyl (C=O) groups excluding carboxylic acids is 1. The van der Waals surface area contributed by atoms with Crippen molar-refractivity contribution in [2.24, 2.45) is 5.92 Å². The number of aryl methyl sites for hydroxylation is 1. The van der Waals surface area contributed by atoms with Gasteiger partial charge in [-0.25, -0.2) is 4.98 Å². The zero-order valence-electron chi connectivity index (χ0n) is 12.0. The molecule has 1 saturated heterocycles. The Hall–Kier alpha value is -1.85. The molecular weight excluding hydrogens is 258 g/mol. The van der Waals surface area contributed by atoms with Crippen LogP contribution in [0.1, 0.15) is 44.8 Å². The summed E-state index contributed by atoms with van der Waals surface area (Å²) in [6.45, 7) is 5.42. The molecule has 0 aromatic carbocycles. The van der Waals surface area contributed by atoms with Crippen molar-refractivity contribution in [3.05, 3.63) is 18.2 Å². The Morgan fingerprint density at radius 3 is 2.70 bits per heavy atom. The maximum Gasteiger partial charge on any atom is 0.309 e. The number of aliphatic carboxylic acids is 1. The number of hydrogen-bond donors (Lipinski definition) is 1. The number of aromatic nitrogens is 2. The maximum atomic E-state index is 12.1. The van der Waals surface area contributed by atoms with Crippen LogP contribution in [0.4, 0.5) is 0 Å². The molecule has 2 rings (SSSR count). The topological polar surface area (TPSA) is 75.4 Å². The van der Waals surface area contributed by atoms with Crippen LogP contribution in [0.15, 0.2) is 12.5 Å². The van der Waals surface area contributed by atoms with Gasteiger partial charge in [0.25, 0.3) is 0 Å². The summed E-state index contributed by atoms with van der Waals surface area (Å²) in [5.74, 6) is -1.67. The van der Waals surface area contributed by atoms with Gasteiger partial charge < -0.3 is 14.6 Å². The lowest BCUT2D eigenvalue weighted by Crippen LogP contribution is -2.32. The van der Waals surface area contributed by atoms with E-state index in [2.05, 4.69) is 11.9 Å². The standard InChI is InChI=1S/C14H21N3O3/c1-3-5-16-9-15-8-11(16)13-10(14(19)20)7-12(18)17(13)6-4-2/h8-10,13H,3-7H2,1-2H3,(H,19,20). The Balaban J connectivity index is 2.38. The molecule has 2 heterocycles. The monoisotopic (exact) mass is 279 g/mol. The first-order valence-electron chi connectivity index (χ1n) is 7.12. The number of nitrogens with zero attached hydrogens (tertiary/aromatic N) is 3. The van der Waals surface area contributed by atoms with Crippen molar-refractivity contribution in [2.75, 3.05) is 6.54 Å². The van der Waals surface area contributed by atoms with Gasteiger partial charge in [0.05, 0.1) is 30.2 Å². The third kappa shape index (κ3) is 2.55. The van der Waals surface area contributed by atoms with Crippen molar-refractivity contribution >= 4 is 11.9 Å². The molecule has 0 saturated carbocycles. The number of imidazole rings is 1. The van der Waals surface area contributed by atoms with Gasteiger partial charge in [-0.05, 0) is 12.8 Å². The summed E-state index contributed by atoms with van der Waals surface area (Å²) in [7, 11) is 0. The van der Waals surface area contributed by atoms with Crippen LogP contribution < -0.4 is 0 Å². The molecule has 6 nitrogen and oxygen atoms in total. The van der Waals surface area contributed by atoms with Gasteiger partial charge in [-0.3, -0.25) is 9.59 Å². The van der Waals surface area contributed by atoms with E-state index in [0.717, 1.165) is 25.1 Å². The highest BCUT2D eigenvalue weighted by atomic mass is 16.4. The van der Waals surface area contributed by atoms with E-state index in [1.807, 2.05) is 11.5 Å². The largest absolute Gasteiger partial charge is 0.481 e. The average Bonchev–Trinajstić information content (AvgIpc) is 2.96. The van der Waals surface area contributed by atoms with Crippen LogP contribution in [0.25, 0.3) is 0 Å². The van der Waals surface area contributed by atoms with Crippen LogP contribution in [0.3, 0.4) is 0 Å². The molecule has 0 spiro atoms. The van der Waals surface area contributed by atoms with E-state index in [1.54, 1.807) is 17.4 Å². The van der Waals surface area contributed by atoms with E-state index in [9.17, 15) is 14.7 Å². The fourth-order valence-corrected chi connectivity index (χ4v) is 2.89. The van der Waals surface area contributed by atoms with Gasteiger partial charge in [-0.1, -0.05) is 13.8 Å². The molecule has 0 bridgehead atoms. The van der Waals surface area contributed by atoms with Crippen molar-refractivity contribution in [2.45, 2.75) is 45.7 Å². The Labute approximate surface area is 118 Å². The molecule has 20 heavy (non-hydrogen) atoms. The fourth-order valence-electron chi connectivity index (χ4n) is 2.89. The molecule has 1 N–H and O–H groups in total. The van der Waals surface area contributed by atoms with Crippen LogP contribution in [0.2, 0.25) is 0 Å². The van der Waals surface area contributed by atoms with Gasteiger partial charge >= 0.3 is 5.97 Å². The minimum Gasteiger partial charge on any atom is -0.481 e. The van der Waals surface area contributed by atoms with E-state index in [4.69, 9.17) is 0 Å². The number of hydrogen-bond acceptors (Lipinski definition) is 3. The first-order chi connectivity index (χ1) is 9.60. The first-order valence-corrected chi connectivity index (χ1v) is 7.12. The fraction of sp³-hybridized carbons (Fsp3) is 0.643. The van der Waals surface area contributed by atoms with E-state index in [1.165, 1.54) is 0 Å². The highest BCUT2D eigenvalue weighted by Crippen LogP contribution is 2.38. The minimum absolute atomic E-state index is 0.0755. The predicted molar refractivity (Wildman–Crippen MR) is 73.0 cm³/mol. The van der Waals surface area contributed by atoms with Gasteiger partial charge in [0.2, 0.25) is 5.91 Å². The Morgan fingerprint density at radius 1 is 1.40 bits per heavy atom. The van der Waals surface area contributed by atoms with Gasteiger partial charge in [-0.2, -0.15) is 0 Å². The maximum absolute atomic E-state index is 12.1. The van der Waals surface area contributed by atoms with Crippen molar-refractivity contribution in [1.82, 2.24) is 14.5 Å². The predicted octanol–water partition coefficient (Wildman–Crippen LogP) is 1.68. The lowest BCUT2D eigenvalue weighted by Gasteiger charge is -2.27. The van der Waals surface area contributed by atoms with Crippen LogP contribution in [-0.4, -0.2) is 38.0 Å². The summed E-state index contributed by atoms with van der Waals surface area (Å²) in [4.78, 5) is 29.4. The number of rotatable bonds is 6. The Bertz CT molecular complexity index is 498. The van der Waals surface area contributed by atoms with Crippen LogP contribution in [-0.2, 0) is 16.1 Å². The molecule has 1 aromatic heterocycles. The molecule has 1 amide bonds. The minimum atomic E-state index is -0.911. The van der Waals surface area contributed by atoms with E-state index >= 15 is 0 Å². The van der Waals surface area contributed by atoms with Gasteiger partial charge in [-0.15, -0.1) is 0 Å². The Kier molecular flexibility index (Phi) is 4.42. The summed E-state index contributed by atoms with van der Waals surface area (Å²) < 4.78 is 1.96. The number of carboxylic acids is 1. The van der Waals surface area contributed by atoms with E-state index < -0.39 is 17.9 Å². The SMILES string of the molecule is CCCN1C(=O)CC(C(=O)O)C1c1cncn1CCC. The average molecular weight is 279 g/mol. The lowest BCUT2D eigenvalue weighted by molar-refractivity contribution is -0.142. The second-order valence-electron chi connectivity index (χ2n) is 5.19. The summed E-state index contributed by atoms with van der Waals surface area (Å²) in [6, 6.07) is -0.394. The van der Waals surface area contributed by atoms with Crippen molar-refractivity contribution in [3.8, 4) is 0 Å². The quantitative estimate of drug-likeness (QED) is 0.859. The molecule has 1 fully saturated rings. The normalized spacial score (nSPS) is 22.5. The summed E-state index contributed by atoms with van der Waals surface area (Å²) in [5.41, 5.74) is 0.832. The van der Waals surface area contributed by atoms with Crippen molar-refractivity contribution in [1.29, 1.82) is 0 Å². The summed E-state index contributed by atoms with van der Waals surface area (Å²) in [6.07, 6.45) is 5.24. The van der Waals surface area contributed by atoms with Crippen LogP contribution in [0, 0.1) is 5.92 Å². The number of carboxylic acid groups (broad SMARTS) is 1. The number of amides is 1. The number of carbonyl (C=O) groups is 2. The molecule has 110 valence electrons. The van der Waals surface area contributed by atoms with E-state index in [0.29, 0.717) is 6.54 Å². The van der Waals surface area contributed by atoms with Gasteiger partial charge in [0.15, 0.2) is 0 Å². The van der Waals surface area contributed by atoms with Crippen molar-refractivity contribution < 1.29 is 14.7 Å². The third-order valence-corrected chi connectivity index (χ3v) is 3.73. The molecule has 1 aromatic rings. The molecule has 1 aliphatic heterocycles. The van der Waals surface area contributed by atoms with Crippen LogP contribution >= 0.6 is 0 Å². The third-order valence-electron chi connectivity index (χ3n) is 3.73. The Morgan fingerprint density at radius 2 is 2.10 bits per heavy atom. The smallest absolute Gasteiger partial charge is 0.309 e. The lowest BCUT2D eigenvalue weighted by atomic mass is 9.98. The van der Waals surface area contributed by atoms with Crippen molar-refractivity contribution in [3.63, 3.8) is 0 Å². The molecule has 2 atom stereocenters. The second kappa shape index (κ2) is 6.07. The molecule has 2 unspecified atom stereocenters.